The van der Waals surface area contributed by atoms with Gasteiger partial charge in [0.25, 0.3) is 0 Å². The first kappa shape index (κ1) is 15.6. The number of benzene rings is 1. The number of aryl methyl sites for hydroxylation is 2. The third-order valence-electron chi connectivity index (χ3n) is 3.82. The molecule has 0 spiro atoms. The van der Waals surface area contributed by atoms with Gasteiger partial charge in [-0.25, -0.2) is 0 Å². The lowest BCUT2D eigenvalue weighted by Crippen LogP contribution is -2.20. The summed E-state index contributed by atoms with van der Waals surface area (Å²) >= 11 is 0. The second-order valence-corrected chi connectivity index (χ2v) is 5.17. The third-order valence-corrected chi connectivity index (χ3v) is 3.82. The van der Waals surface area contributed by atoms with Gasteiger partial charge in [-0.1, -0.05) is 19.1 Å². The smallest absolute Gasteiger partial charge is 0.133 e. The predicted octanol–water partition coefficient (Wildman–Crippen LogP) is 2.93. The Balaban J connectivity index is 2.30. The number of hydrogen-bond donors (Lipinski definition) is 2. The van der Waals surface area contributed by atoms with Crippen molar-refractivity contribution in [1.29, 1.82) is 0 Å². The molecule has 0 saturated heterocycles. The molecule has 3 N–H and O–H groups in total. The lowest BCUT2D eigenvalue weighted by atomic mass is 9.91. The van der Waals surface area contributed by atoms with Crippen molar-refractivity contribution in [3.63, 3.8) is 0 Å². The molecule has 2 atom stereocenters. The standard InChI is InChI=1S/C17H23NO3/c1-4-13-7-8-15(21-13)17(19)14(10-18)12-6-5-11(2)16(9-12)20-3/h5-9,14,17,19H,4,10,18H2,1-3H3. The molecule has 0 fully saturated rings. The Morgan fingerprint density at radius 2 is 2.05 bits per heavy atom. The van der Waals surface area contributed by atoms with Crippen LogP contribution >= 0.6 is 0 Å². The number of ether oxygens (including phenoxy) is 1. The molecular weight excluding hydrogens is 266 g/mol. The molecule has 1 heterocycles. The van der Waals surface area contributed by atoms with E-state index < -0.39 is 6.10 Å². The Morgan fingerprint density at radius 1 is 1.29 bits per heavy atom. The molecule has 2 unspecified atom stereocenters. The van der Waals surface area contributed by atoms with Crippen LogP contribution in [0.25, 0.3) is 0 Å². The van der Waals surface area contributed by atoms with E-state index in [1.54, 1.807) is 7.11 Å². The van der Waals surface area contributed by atoms with E-state index in [-0.39, 0.29) is 5.92 Å². The normalized spacial score (nSPS) is 14.0. The minimum atomic E-state index is -0.761. The summed E-state index contributed by atoms with van der Waals surface area (Å²) in [5.41, 5.74) is 7.87. The van der Waals surface area contributed by atoms with E-state index in [1.807, 2.05) is 44.2 Å². The molecule has 0 aliphatic heterocycles. The Bertz CT molecular complexity index is 591. The molecule has 2 aromatic rings. The van der Waals surface area contributed by atoms with E-state index in [4.69, 9.17) is 14.9 Å². The molecule has 0 saturated carbocycles. The molecular formula is C17H23NO3. The number of furan rings is 1. The van der Waals surface area contributed by atoms with E-state index in [0.717, 1.165) is 29.1 Å². The van der Waals surface area contributed by atoms with Gasteiger partial charge in [-0.05, 0) is 36.2 Å². The Hall–Kier alpha value is -1.78. The van der Waals surface area contributed by atoms with E-state index >= 15 is 0 Å². The van der Waals surface area contributed by atoms with Crippen LogP contribution in [0.3, 0.4) is 0 Å². The highest BCUT2D eigenvalue weighted by atomic mass is 16.5. The number of methoxy groups -OCH3 is 1. The maximum atomic E-state index is 10.6. The second kappa shape index (κ2) is 6.78. The molecule has 4 heteroatoms. The van der Waals surface area contributed by atoms with Crippen molar-refractivity contribution in [2.24, 2.45) is 5.73 Å². The third kappa shape index (κ3) is 3.28. The fourth-order valence-electron chi connectivity index (χ4n) is 2.46. The van der Waals surface area contributed by atoms with Crippen LogP contribution in [0.4, 0.5) is 0 Å². The number of rotatable bonds is 6. The van der Waals surface area contributed by atoms with Crippen LogP contribution in [0.15, 0.2) is 34.7 Å². The van der Waals surface area contributed by atoms with Gasteiger partial charge in [0, 0.05) is 18.9 Å². The second-order valence-electron chi connectivity index (χ2n) is 5.17. The van der Waals surface area contributed by atoms with Crippen molar-refractivity contribution in [3.8, 4) is 5.75 Å². The van der Waals surface area contributed by atoms with Crippen LogP contribution in [-0.4, -0.2) is 18.8 Å². The molecule has 0 bridgehead atoms. The van der Waals surface area contributed by atoms with Crippen molar-refractivity contribution in [1.82, 2.24) is 0 Å². The average molecular weight is 289 g/mol. The van der Waals surface area contributed by atoms with Crippen molar-refractivity contribution < 1.29 is 14.3 Å². The van der Waals surface area contributed by atoms with Gasteiger partial charge < -0.3 is 20.0 Å². The van der Waals surface area contributed by atoms with Crippen LogP contribution in [0, 0.1) is 6.92 Å². The van der Waals surface area contributed by atoms with Gasteiger partial charge in [-0.3, -0.25) is 0 Å². The largest absolute Gasteiger partial charge is 0.496 e. The summed E-state index contributed by atoms with van der Waals surface area (Å²) in [6.45, 7) is 4.33. The fraction of sp³-hybridized carbons (Fsp3) is 0.412. The van der Waals surface area contributed by atoms with E-state index in [0.29, 0.717) is 12.3 Å². The van der Waals surface area contributed by atoms with Crippen LogP contribution in [0.5, 0.6) is 5.75 Å². The summed E-state index contributed by atoms with van der Waals surface area (Å²) in [4.78, 5) is 0. The SMILES string of the molecule is CCc1ccc(C(O)C(CN)c2ccc(C)c(OC)c2)o1. The van der Waals surface area contributed by atoms with Crippen LogP contribution in [-0.2, 0) is 6.42 Å². The van der Waals surface area contributed by atoms with Crippen molar-refractivity contribution in [2.75, 3.05) is 13.7 Å². The quantitative estimate of drug-likeness (QED) is 0.858. The number of nitrogens with two attached hydrogens (primary N) is 1. The van der Waals surface area contributed by atoms with Gasteiger partial charge in [0.15, 0.2) is 0 Å². The van der Waals surface area contributed by atoms with Crippen LogP contribution in [0.1, 0.15) is 41.6 Å². The first-order valence-corrected chi connectivity index (χ1v) is 7.22. The topological polar surface area (TPSA) is 68.6 Å². The highest BCUT2D eigenvalue weighted by Gasteiger charge is 2.25. The molecule has 0 amide bonds. The molecule has 4 nitrogen and oxygen atoms in total. The summed E-state index contributed by atoms with van der Waals surface area (Å²) < 4.78 is 11.0. The summed E-state index contributed by atoms with van der Waals surface area (Å²) in [6.07, 6.45) is 0.0426. The average Bonchev–Trinajstić information content (AvgIpc) is 2.98. The zero-order valence-corrected chi connectivity index (χ0v) is 12.8. The maximum absolute atomic E-state index is 10.6. The minimum absolute atomic E-state index is 0.227. The number of aliphatic hydroxyl groups excluding tert-OH is 1. The van der Waals surface area contributed by atoms with Gasteiger partial charge in [-0.15, -0.1) is 0 Å². The molecule has 0 aliphatic carbocycles. The molecule has 21 heavy (non-hydrogen) atoms. The fourth-order valence-corrected chi connectivity index (χ4v) is 2.46. The molecule has 2 rings (SSSR count). The van der Waals surface area contributed by atoms with Gasteiger partial charge in [-0.2, -0.15) is 0 Å². The van der Waals surface area contributed by atoms with E-state index in [1.165, 1.54) is 0 Å². The summed E-state index contributed by atoms with van der Waals surface area (Å²) in [7, 11) is 1.64. The first-order valence-electron chi connectivity index (χ1n) is 7.22. The van der Waals surface area contributed by atoms with Crippen molar-refractivity contribution >= 4 is 0 Å². The highest BCUT2D eigenvalue weighted by molar-refractivity contribution is 5.39. The lowest BCUT2D eigenvalue weighted by molar-refractivity contribution is 0.120. The Morgan fingerprint density at radius 3 is 2.62 bits per heavy atom. The Labute approximate surface area is 125 Å². The van der Waals surface area contributed by atoms with Gasteiger partial charge in [0.1, 0.15) is 23.4 Å². The van der Waals surface area contributed by atoms with Gasteiger partial charge >= 0.3 is 0 Å². The molecule has 1 aromatic carbocycles. The zero-order chi connectivity index (χ0) is 15.4. The lowest BCUT2D eigenvalue weighted by Gasteiger charge is -2.21. The summed E-state index contributed by atoms with van der Waals surface area (Å²) in [5, 5.41) is 10.6. The molecule has 0 aliphatic rings. The molecule has 1 aromatic heterocycles. The number of hydrogen-bond acceptors (Lipinski definition) is 4. The van der Waals surface area contributed by atoms with Gasteiger partial charge in [0.05, 0.1) is 7.11 Å². The maximum Gasteiger partial charge on any atom is 0.133 e. The van der Waals surface area contributed by atoms with Crippen LogP contribution < -0.4 is 10.5 Å². The van der Waals surface area contributed by atoms with Crippen LogP contribution in [0.2, 0.25) is 0 Å². The number of aliphatic hydroxyl groups is 1. The summed E-state index contributed by atoms with van der Waals surface area (Å²) in [6, 6.07) is 9.59. The summed E-state index contributed by atoms with van der Waals surface area (Å²) in [5.74, 6) is 1.99. The molecule has 0 radical (unpaired) electrons. The minimum Gasteiger partial charge on any atom is -0.496 e. The highest BCUT2D eigenvalue weighted by Crippen LogP contribution is 2.33. The zero-order valence-electron chi connectivity index (χ0n) is 12.8. The Kier molecular flexibility index (Phi) is 5.04. The van der Waals surface area contributed by atoms with Gasteiger partial charge in [0.2, 0.25) is 0 Å². The molecule has 114 valence electrons. The predicted molar refractivity (Wildman–Crippen MR) is 82.6 cm³/mol. The van der Waals surface area contributed by atoms with E-state index in [2.05, 4.69) is 0 Å². The first-order chi connectivity index (χ1) is 10.1. The van der Waals surface area contributed by atoms with Crippen molar-refractivity contribution in [2.45, 2.75) is 32.3 Å². The monoisotopic (exact) mass is 289 g/mol. The van der Waals surface area contributed by atoms with E-state index in [9.17, 15) is 5.11 Å². The van der Waals surface area contributed by atoms with Crippen molar-refractivity contribution in [3.05, 3.63) is 53.0 Å².